The molecule has 2 aromatic carbocycles. The van der Waals surface area contributed by atoms with Crippen molar-refractivity contribution in [3.63, 3.8) is 0 Å². The summed E-state index contributed by atoms with van der Waals surface area (Å²) in [6.07, 6.45) is 3.58. The van der Waals surface area contributed by atoms with Gasteiger partial charge in [0.2, 0.25) is 0 Å². The lowest BCUT2D eigenvalue weighted by atomic mass is 9.59. The Labute approximate surface area is 212 Å². The van der Waals surface area contributed by atoms with E-state index in [9.17, 15) is 19.7 Å². The molecule has 1 N–H and O–H groups in total. The van der Waals surface area contributed by atoms with Crippen LogP contribution in [0.25, 0.3) is 0 Å². The van der Waals surface area contributed by atoms with Gasteiger partial charge in [-0.15, -0.1) is 0 Å². The molecule has 3 heterocycles. The van der Waals surface area contributed by atoms with Gasteiger partial charge in [0.1, 0.15) is 5.54 Å². The number of hydrogen-bond acceptors (Lipinski definition) is 8. The van der Waals surface area contributed by atoms with E-state index in [4.69, 9.17) is 9.47 Å². The van der Waals surface area contributed by atoms with E-state index in [1.807, 2.05) is 17.0 Å². The number of ether oxygens (including phenoxy) is 2. The number of anilines is 1. The summed E-state index contributed by atoms with van der Waals surface area (Å²) < 4.78 is 11.0. The second kappa shape index (κ2) is 7.84. The molecular weight excluding hydrogens is 476 g/mol. The first-order valence-electron chi connectivity index (χ1n) is 11.8. The maximum atomic E-state index is 14.7. The van der Waals surface area contributed by atoms with Gasteiger partial charge in [0.05, 0.1) is 24.6 Å². The van der Waals surface area contributed by atoms with Crippen molar-refractivity contribution in [3.05, 3.63) is 87.2 Å². The van der Waals surface area contributed by atoms with Crippen LogP contribution >= 0.6 is 0 Å². The Bertz CT molecular complexity index is 1490. The monoisotopic (exact) mass is 500 g/mol. The molecule has 0 bridgehead atoms. The van der Waals surface area contributed by atoms with E-state index in [1.54, 1.807) is 37.6 Å². The number of nitrogens with one attached hydrogen (secondary N) is 1. The topological polar surface area (TPSA) is 124 Å². The van der Waals surface area contributed by atoms with Gasteiger partial charge in [-0.3, -0.25) is 29.6 Å². The third-order valence-corrected chi connectivity index (χ3v) is 8.29. The zero-order chi connectivity index (χ0) is 26.1. The molecule has 37 heavy (non-hydrogen) atoms. The number of rotatable bonds is 4. The molecule has 3 aromatic rings. The number of carbonyl (C=O) groups is 2. The third-order valence-electron chi connectivity index (χ3n) is 8.29. The van der Waals surface area contributed by atoms with Crippen molar-refractivity contribution in [2.45, 2.75) is 17.9 Å². The summed E-state index contributed by atoms with van der Waals surface area (Å²) in [6, 6.07) is 11.5. The molecule has 10 nitrogen and oxygen atoms in total. The average Bonchev–Trinajstić information content (AvgIpc) is 3.47. The Balaban J connectivity index is 1.67. The van der Waals surface area contributed by atoms with Crippen LogP contribution in [0.15, 0.2) is 54.9 Å². The lowest BCUT2D eigenvalue weighted by Crippen LogP contribution is -2.58. The molecular formula is C27H24N4O6. The smallest absolute Gasteiger partial charge is 0.269 e. The minimum absolute atomic E-state index is 0.142. The molecule has 1 aliphatic carbocycles. The number of carbonyl (C=O) groups excluding carboxylic acids is 2. The van der Waals surface area contributed by atoms with Crippen LogP contribution in [0.1, 0.15) is 33.0 Å². The fourth-order valence-electron chi connectivity index (χ4n) is 6.83. The van der Waals surface area contributed by atoms with Crippen LogP contribution in [0, 0.1) is 15.5 Å². The van der Waals surface area contributed by atoms with Crippen molar-refractivity contribution in [2.24, 2.45) is 5.41 Å². The van der Waals surface area contributed by atoms with Crippen LogP contribution in [0.4, 0.5) is 11.4 Å². The standard InChI is InChI=1S/C27H24N4O6/c1-30-14-20(15-6-8-28-9-7-15)26(13-16-10-22(36-2)23(37-3)12-18(16)24(26)32)27(30)19-11-17(31(34)35)4-5-21(19)29-25(27)33/h4-12,20H,13-14H2,1-3H3,(H,29,33)/t20-,26?,27+/m0/s1. The van der Waals surface area contributed by atoms with Crippen molar-refractivity contribution >= 4 is 23.1 Å². The average molecular weight is 501 g/mol. The SMILES string of the molecule is COc1cc2c(cc1OC)C(=O)C1(C2)[C@H](c2ccncc2)CN(C)[C@]12C(=O)Nc1ccc([N+](=O)[O-])cc12. The normalized spacial score (nSPS) is 25.9. The summed E-state index contributed by atoms with van der Waals surface area (Å²) in [6.45, 7) is 0.383. The van der Waals surface area contributed by atoms with E-state index in [0.717, 1.165) is 11.1 Å². The number of likely N-dealkylation sites (tertiary alicyclic amines) is 1. The summed E-state index contributed by atoms with van der Waals surface area (Å²) in [7, 11) is 4.83. The number of aromatic nitrogens is 1. The maximum absolute atomic E-state index is 14.7. The zero-order valence-corrected chi connectivity index (χ0v) is 20.5. The molecule has 0 saturated carbocycles. The van der Waals surface area contributed by atoms with Crippen molar-refractivity contribution in [3.8, 4) is 11.5 Å². The first kappa shape index (κ1) is 23.1. The first-order valence-corrected chi connectivity index (χ1v) is 11.8. The fraction of sp³-hybridized carbons (Fsp3) is 0.296. The van der Waals surface area contributed by atoms with Gasteiger partial charge in [0, 0.05) is 53.8 Å². The van der Waals surface area contributed by atoms with Gasteiger partial charge in [-0.2, -0.15) is 0 Å². The summed E-state index contributed by atoms with van der Waals surface area (Å²) in [5, 5.41) is 14.7. The molecule has 1 aromatic heterocycles. The van der Waals surface area contributed by atoms with E-state index in [0.29, 0.717) is 34.9 Å². The second-order valence-electron chi connectivity index (χ2n) is 9.71. The summed E-state index contributed by atoms with van der Waals surface area (Å²) in [4.78, 5) is 46.1. The van der Waals surface area contributed by atoms with E-state index in [2.05, 4.69) is 10.3 Å². The first-order chi connectivity index (χ1) is 17.8. The highest BCUT2D eigenvalue weighted by atomic mass is 16.6. The maximum Gasteiger partial charge on any atom is 0.269 e. The number of non-ortho nitro benzene ring substituents is 1. The predicted octanol–water partition coefficient (Wildman–Crippen LogP) is 3.31. The summed E-state index contributed by atoms with van der Waals surface area (Å²) >= 11 is 0. The van der Waals surface area contributed by atoms with Crippen molar-refractivity contribution < 1.29 is 24.0 Å². The molecule has 6 rings (SSSR count). The van der Waals surface area contributed by atoms with Crippen LogP contribution in [-0.4, -0.2) is 54.3 Å². The molecule has 0 radical (unpaired) electrons. The van der Waals surface area contributed by atoms with Crippen LogP contribution in [-0.2, 0) is 16.8 Å². The van der Waals surface area contributed by atoms with Gasteiger partial charge in [0.25, 0.3) is 11.6 Å². The van der Waals surface area contributed by atoms with Crippen molar-refractivity contribution in [2.75, 3.05) is 33.1 Å². The number of fused-ring (bicyclic) bond motifs is 4. The number of nitro benzene ring substituents is 1. The molecule has 10 heteroatoms. The van der Waals surface area contributed by atoms with E-state index in [1.165, 1.54) is 26.4 Å². The van der Waals surface area contributed by atoms with Gasteiger partial charge < -0.3 is 14.8 Å². The van der Waals surface area contributed by atoms with Gasteiger partial charge in [0.15, 0.2) is 17.3 Å². The molecule has 1 amide bonds. The minimum Gasteiger partial charge on any atom is -0.493 e. The lowest BCUT2D eigenvalue weighted by Gasteiger charge is -2.43. The molecule has 1 saturated heterocycles. The fourth-order valence-corrected chi connectivity index (χ4v) is 6.83. The number of pyridine rings is 1. The third kappa shape index (κ3) is 2.76. The molecule has 1 fully saturated rings. The largest absolute Gasteiger partial charge is 0.493 e. The highest BCUT2D eigenvalue weighted by Crippen LogP contribution is 2.67. The Kier molecular flexibility index (Phi) is 4.90. The highest BCUT2D eigenvalue weighted by Gasteiger charge is 2.75. The number of hydrogen-bond donors (Lipinski definition) is 1. The molecule has 3 atom stereocenters. The number of nitro groups is 1. The number of benzene rings is 2. The number of amides is 1. The molecule has 2 aliphatic heterocycles. The van der Waals surface area contributed by atoms with Gasteiger partial charge in [-0.1, -0.05) is 0 Å². The Morgan fingerprint density at radius 1 is 1.08 bits per heavy atom. The van der Waals surface area contributed by atoms with Crippen molar-refractivity contribution in [1.29, 1.82) is 0 Å². The van der Waals surface area contributed by atoms with Crippen LogP contribution in [0.2, 0.25) is 0 Å². The quantitative estimate of drug-likeness (QED) is 0.428. The Morgan fingerprint density at radius 2 is 1.78 bits per heavy atom. The predicted molar refractivity (Wildman–Crippen MR) is 133 cm³/mol. The molecule has 2 spiro atoms. The summed E-state index contributed by atoms with van der Waals surface area (Å²) in [5.74, 6) is -0.0714. The van der Waals surface area contributed by atoms with Gasteiger partial charge in [-0.25, -0.2) is 0 Å². The molecule has 188 valence electrons. The Hall–Kier alpha value is -4.31. The number of likely N-dealkylation sites (N-methyl/N-ethyl adjacent to an activating group) is 1. The number of Topliss-reactive ketones (excluding diaryl/α,β-unsaturated/α-hetero) is 1. The second-order valence-corrected chi connectivity index (χ2v) is 9.71. The van der Waals surface area contributed by atoms with Crippen LogP contribution in [0.3, 0.4) is 0 Å². The summed E-state index contributed by atoms with van der Waals surface area (Å²) in [5.41, 5.74) is 0.0668. The lowest BCUT2D eigenvalue weighted by molar-refractivity contribution is -0.385. The number of nitrogens with zero attached hydrogens (tertiary/aromatic N) is 3. The van der Waals surface area contributed by atoms with Crippen LogP contribution in [0.5, 0.6) is 11.5 Å². The minimum atomic E-state index is -1.47. The van der Waals surface area contributed by atoms with Crippen molar-refractivity contribution in [1.82, 2.24) is 9.88 Å². The number of ketones is 1. The van der Waals surface area contributed by atoms with E-state index >= 15 is 0 Å². The molecule has 3 aliphatic rings. The van der Waals surface area contributed by atoms with Crippen LogP contribution < -0.4 is 14.8 Å². The molecule has 1 unspecified atom stereocenters. The van der Waals surface area contributed by atoms with E-state index in [-0.39, 0.29) is 23.8 Å². The zero-order valence-electron chi connectivity index (χ0n) is 20.5. The van der Waals surface area contributed by atoms with Gasteiger partial charge in [-0.05, 0) is 54.9 Å². The highest BCUT2D eigenvalue weighted by molar-refractivity contribution is 6.16. The van der Waals surface area contributed by atoms with E-state index < -0.39 is 21.8 Å². The van der Waals surface area contributed by atoms with Gasteiger partial charge >= 0.3 is 0 Å². The number of methoxy groups -OCH3 is 2. The Morgan fingerprint density at radius 3 is 2.46 bits per heavy atom.